The summed E-state index contributed by atoms with van der Waals surface area (Å²) < 4.78 is 70.0. The van der Waals surface area contributed by atoms with E-state index in [2.05, 4.69) is 0 Å². The molecular formula is C36H26O9S2. The number of phenols is 2. The van der Waals surface area contributed by atoms with E-state index >= 15 is 0 Å². The van der Waals surface area contributed by atoms with Crippen LogP contribution in [0.2, 0.25) is 0 Å². The SMILES string of the molecule is O=S(=O)(c1ccc(Oc2ccc(O)cc2)cc1)c1ccc(Oc2ccc(S(=O)(=O)c3ccc(Oc4ccc(O)cc4)cc3)cc2)cc1. The number of rotatable bonds is 10. The van der Waals surface area contributed by atoms with Crippen molar-refractivity contribution >= 4 is 19.7 Å². The van der Waals surface area contributed by atoms with Crippen molar-refractivity contribution in [3.8, 4) is 46.0 Å². The van der Waals surface area contributed by atoms with Gasteiger partial charge in [-0.1, -0.05) is 0 Å². The minimum atomic E-state index is -3.82. The third-order valence-corrected chi connectivity index (χ3v) is 10.5. The Morgan fingerprint density at radius 2 is 0.468 bits per heavy atom. The van der Waals surface area contributed by atoms with Gasteiger partial charge in [-0.3, -0.25) is 0 Å². The molecule has 0 bridgehead atoms. The first kappa shape index (κ1) is 31.2. The van der Waals surface area contributed by atoms with Gasteiger partial charge in [-0.2, -0.15) is 0 Å². The van der Waals surface area contributed by atoms with Crippen molar-refractivity contribution in [1.82, 2.24) is 0 Å². The summed E-state index contributed by atoms with van der Waals surface area (Å²) in [7, 11) is -7.64. The summed E-state index contributed by atoms with van der Waals surface area (Å²) in [5.41, 5.74) is 0. The normalized spacial score (nSPS) is 11.5. The average molecular weight is 667 g/mol. The van der Waals surface area contributed by atoms with Gasteiger partial charge >= 0.3 is 0 Å². The van der Waals surface area contributed by atoms with Crippen molar-refractivity contribution in [3.63, 3.8) is 0 Å². The number of ether oxygens (including phenoxy) is 3. The maximum absolute atomic E-state index is 13.2. The largest absolute Gasteiger partial charge is 0.508 e. The van der Waals surface area contributed by atoms with Crippen LogP contribution in [0.3, 0.4) is 0 Å². The lowest BCUT2D eigenvalue weighted by atomic mass is 10.3. The number of sulfone groups is 2. The smallest absolute Gasteiger partial charge is 0.206 e. The fourth-order valence-corrected chi connectivity index (χ4v) is 6.98. The molecule has 11 heteroatoms. The van der Waals surface area contributed by atoms with E-state index in [-0.39, 0.29) is 31.1 Å². The third kappa shape index (κ3) is 7.22. The zero-order chi connectivity index (χ0) is 33.0. The van der Waals surface area contributed by atoms with Crippen molar-refractivity contribution in [2.45, 2.75) is 19.6 Å². The second-order valence-electron chi connectivity index (χ2n) is 10.2. The monoisotopic (exact) mass is 666 g/mol. The van der Waals surface area contributed by atoms with Crippen LogP contribution in [-0.4, -0.2) is 27.0 Å². The molecule has 6 aromatic carbocycles. The maximum Gasteiger partial charge on any atom is 0.206 e. The lowest BCUT2D eigenvalue weighted by molar-refractivity contribution is 0.464. The highest BCUT2D eigenvalue weighted by Gasteiger charge is 2.19. The van der Waals surface area contributed by atoms with Crippen molar-refractivity contribution in [3.05, 3.63) is 146 Å². The standard InChI is InChI=1S/C36H26O9S2/c37-25-1-5-27(6-2-25)43-29-9-17-33(18-10-29)46(39,40)35-21-13-31(14-22-35)45-32-15-23-36(24-16-32)47(41,42)34-19-11-30(12-20-34)44-28-7-3-26(38)4-8-28/h1-24,37-38H. The molecule has 0 aliphatic rings. The van der Waals surface area contributed by atoms with E-state index in [1.54, 1.807) is 48.5 Å². The maximum atomic E-state index is 13.2. The van der Waals surface area contributed by atoms with Gasteiger partial charge in [-0.05, 0) is 146 Å². The van der Waals surface area contributed by atoms with E-state index in [0.717, 1.165) is 0 Å². The number of hydrogen-bond acceptors (Lipinski definition) is 9. The van der Waals surface area contributed by atoms with E-state index in [0.29, 0.717) is 34.5 Å². The molecule has 2 N–H and O–H groups in total. The first-order valence-electron chi connectivity index (χ1n) is 14.1. The molecule has 6 rings (SSSR count). The first-order chi connectivity index (χ1) is 22.6. The Morgan fingerprint density at radius 1 is 0.298 bits per heavy atom. The summed E-state index contributed by atoms with van der Waals surface area (Å²) in [6, 6.07) is 36.1. The molecule has 0 aliphatic heterocycles. The zero-order valence-corrected chi connectivity index (χ0v) is 26.1. The number of phenolic OH excluding ortho intramolecular Hbond substituents is 2. The molecule has 0 aliphatic carbocycles. The number of hydrogen-bond donors (Lipinski definition) is 2. The summed E-state index contributed by atoms with van der Waals surface area (Å²) in [6.07, 6.45) is 0. The van der Waals surface area contributed by atoms with Crippen LogP contribution in [0.1, 0.15) is 0 Å². The van der Waals surface area contributed by atoms with Crippen LogP contribution in [0.5, 0.6) is 46.0 Å². The van der Waals surface area contributed by atoms with Gasteiger partial charge in [-0.15, -0.1) is 0 Å². The van der Waals surface area contributed by atoms with Gasteiger partial charge < -0.3 is 24.4 Å². The Kier molecular flexibility index (Phi) is 8.57. The molecule has 236 valence electrons. The Hall–Kier alpha value is -5.78. The number of benzene rings is 6. The second-order valence-corrected chi connectivity index (χ2v) is 14.1. The molecule has 0 atom stereocenters. The molecule has 9 nitrogen and oxygen atoms in total. The van der Waals surface area contributed by atoms with E-state index < -0.39 is 19.7 Å². The molecule has 0 heterocycles. The van der Waals surface area contributed by atoms with Gasteiger partial charge in [0.25, 0.3) is 0 Å². The molecule has 0 fully saturated rings. The van der Waals surface area contributed by atoms with E-state index in [1.165, 1.54) is 97.1 Å². The molecule has 47 heavy (non-hydrogen) atoms. The lowest BCUT2D eigenvalue weighted by Crippen LogP contribution is -2.02. The van der Waals surface area contributed by atoms with Gasteiger partial charge in [0.05, 0.1) is 19.6 Å². The van der Waals surface area contributed by atoms with Gasteiger partial charge in [-0.25, -0.2) is 16.8 Å². The summed E-state index contributed by atoms with van der Waals surface area (Å²) in [5.74, 6) is 2.81. The molecule has 0 saturated heterocycles. The number of aromatic hydroxyl groups is 2. The van der Waals surface area contributed by atoms with Gasteiger partial charge in [0.2, 0.25) is 19.7 Å². The lowest BCUT2D eigenvalue weighted by Gasteiger charge is -2.10. The Labute approximate surface area is 271 Å². The van der Waals surface area contributed by atoms with Crippen LogP contribution in [0.25, 0.3) is 0 Å². The Balaban J connectivity index is 1.09. The molecule has 0 saturated carbocycles. The Morgan fingerprint density at radius 3 is 0.660 bits per heavy atom. The summed E-state index contributed by atoms with van der Waals surface area (Å²) >= 11 is 0. The van der Waals surface area contributed by atoms with E-state index in [9.17, 15) is 27.0 Å². The first-order valence-corrected chi connectivity index (χ1v) is 17.0. The summed E-state index contributed by atoms with van der Waals surface area (Å²) in [6.45, 7) is 0. The van der Waals surface area contributed by atoms with Crippen molar-refractivity contribution in [2.24, 2.45) is 0 Å². The average Bonchev–Trinajstić information content (AvgIpc) is 3.08. The highest BCUT2D eigenvalue weighted by molar-refractivity contribution is 7.91. The predicted molar refractivity (Wildman–Crippen MR) is 173 cm³/mol. The molecule has 0 aromatic heterocycles. The van der Waals surface area contributed by atoms with Crippen molar-refractivity contribution in [1.29, 1.82) is 0 Å². The van der Waals surface area contributed by atoms with Crippen LogP contribution in [-0.2, 0) is 19.7 Å². The quantitative estimate of drug-likeness (QED) is 0.148. The molecule has 6 aromatic rings. The molecular weight excluding hydrogens is 641 g/mol. The minimum Gasteiger partial charge on any atom is -0.508 e. The van der Waals surface area contributed by atoms with Crippen LogP contribution < -0.4 is 14.2 Å². The van der Waals surface area contributed by atoms with Crippen LogP contribution >= 0.6 is 0 Å². The predicted octanol–water partition coefficient (Wildman–Crippen LogP) is 8.14. The van der Waals surface area contributed by atoms with Gasteiger partial charge in [0, 0.05) is 0 Å². The molecule has 0 amide bonds. The Bertz CT molecular complexity index is 2030. The highest BCUT2D eigenvalue weighted by Crippen LogP contribution is 2.31. The van der Waals surface area contributed by atoms with Gasteiger partial charge in [0.1, 0.15) is 46.0 Å². The minimum absolute atomic E-state index is 0.0676. The van der Waals surface area contributed by atoms with E-state index in [1.807, 2.05) is 0 Å². The molecule has 0 radical (unpaired) electrons. The van der Waals surface area contributed by atoms with Gasteiger partial charge in [0.15, 0.2) is 0 Å². The van der Waals surface area contributed by atoms with Crippen molar-refractivity contribution in [2.75, 3.05) is 0 Å². The fraction of sp³-hybridized carbons (Fsp3) is 0. The summed E-state index contributed by atoms with van der Waals surface area (Å²) in [4.78, 5) is 0.303. The van der Waals surface area contributed by atoms with Crippen LogP contribution in [0, 0.1) is 0 Å². The van der Waals surface area contributed by atoms with E-state index in [4.69, 9.17) is 14.2 Å². The summed E-state index contributed by atoms with van der Waals surface area (Å²) in [5, 5.41) is 18.8. The zero-order valence-electron chi connectivity index (χ0n) is 24.4. The molecule has 0 unspecified atom stereocenters. The van der Waals surface area contributed by atoms with Crippen LogP contribution in [0.4, 0.5) is 0 Å². The highest BCUT2D eigenvalue weighted by atomic mass is 32.2. The van der Waals surface area contributed by atoms with Crippen LogP contribution in [0.15, 0.2) is 165 Å². The second kappa shape index (κ2) is 12.9. The fourth-order valence-electron chi connectivity index (χ4n) is 4.46. The third-order valence-electron chi connectivity index (χ3n) is 6.92. The van der Waals surface area contributed by atoms with Crippen molar-refractivity contribution < 1.29 is 41.3 Å². The molecule has 0 spiro atoms. The topological polar surface area (TPSA) is 136 Å².